The van der Waals surface area contributed by atoms with Crippen LogP contribution in [0.25, 0.3) is 0 Å². The molecule has 1 aromatic carbocycles. The van der Waals surface area contributed by atoms with Gasteiger partial charge in [-0.05, 0) is 43.0 Å². The van der Waals surface area contributed by atoms with Gasteiger partial charge in [0.25, 0.3) is 5.91 Å². The van der Waals surface area contributed by atoms with Gasteiger partial charge in [-0.2, -0.15) is 5.10 Å². The largest absolute Gasteiger partial charge is 0.484 e. The maximum Gasteiger partial charge on any atom is 0.277 e. The lowest BCUT2D eigenvalue weighted by atomic mass is 10.2. The number of amides is 1. The standard InChI is InChI=1S/C15H16N2O2S/c1-11-5-3-6-13(9-11)19-10-15(18)17-16-12(2)14-7-4-8-20-14/h3-9H,10H2,1-2H3,(H,17,18)/b16-12-. The van der Waals surface area contributed by atoms with Crippen LogP contribution in [0.1, 0.15) is 17.4 Å². The molecule has 0 radical (unpaired) electrons. The molecule has 104 valence electrons. The fourth-order valence-corrected chi connectivity index (χ4v) is 2.25. The number of nitrogens with zero attached hydrogens (tertiary/aromatic N) is 1. The number of hydrogen-bond donors (Lipinski definition) is 1. The smallest absolute Gasteiger partial charge is 0.277 e. The van der Waals surface area contributed by atoms with Crippen LogP contribution in [-0.4, -0.2) is 18.2 Å². The predicted octanol–water partition coefficient (Wildman–Crippen LogP) is 2.98. The topological polar surface area (TPSA) is 50.7 Å². The number of hydrazone groups is 1. The summed E-state index contributed by atoms with van der Waals surface area (Å²) in [5.41, 5.74) is 4.36. The third kappa shape index (κ3) is 4.20. The summed E-state index contributed by atoms with van der Waals surface area (Å²) in [7, 11) is 0. The van der Waals surface area contributed by atoms with Crippen LogP contribution in [0.4, 0.5) is 0 Å². The maximum absolute atomic E-state index is 11.6. The third-order valence-electron chi connectivity index (χ3n) is 2.59. The molecule has 0 atom stereocenters. The SMILES string of the molecule is C/C(=N/NC(=O)COc1cccc(C)c1)c1cccs1. The van der Waals surface area contributed by atoms with Gasteiger partial charge in [0, 0.05) is 4.88 Å². The first-order valence-electron chi connectivity index (χ1n) is 6.21. The van der Waals surface area contributed by atoms with Crippen molar-refractivity contribution < 1.29 is 9.53 Å². The summed E-state index contributed by atoms with van der Waals surface area (Å²) in [5, 5.41) is 6.01. The average Bonchev–Trinajstić information content (AvgIpc) is 2.97. The Balaban J connectivity index is 1.83. The quantitative estimate of drug-likeness (QED) is 0.679. The summed E-state index contributed by atoms with van der Waals surface area (Å²) in [6, 6.07) is 11.5. The first-order valence-corrected chi connectivity index (χ1v) is 7.09. The number of carbonyl (C=O) groups is 1. The van der Waals surface area contributed by atoms with E-state index in [0.29, 0.717) is 5.75 Å². The number of rotatable bonds is 5. The van der Waals surface area contributed by atoms with E-state index in [4.69, 9.17) is 4.74 Å². The van der Waals surface area contributed by atoms with Gasteiger partial charge < -0.3 is 4.74 Å². The molecule has 0 unspecified atom stereocenters. The fraction of sp³-hybridized carbons (Fsp3) is 0.200. The maximum atomic E-state index is 11.6. The number of nitrogens with one attached hydrogen (secondary N) is 1. The second-order valence-electron chi connectivity index (χ2n) is 4.31. The Morgan fingerprint density at radius 3 is 2.90 bits per heavy atom. The number of ether oxygens (including phenoxy) is 1. The first-order chi connectivity index (χ1) is 9.65. The zero-order valence-corrected chi connectivity index (χ0v) is 12.2. The van der Waals surface area contributed by atoms with E-state index in [1.807, 2.05) is 55.6 Å². The molecular formula is C15H16N2O2S. The fourth-order valence-electron chi connectivity index (χ4n) is 1.57. The van der Waals surface area contributed by atoms with Gasteiger partial charge in [0.15, 0.2) is 6.61 Å². The van der Waals surface area contributed by atoms with Crippen molar-refractivity contribution in [2.45, 2.75) is 13.8 Å². The molecule has 0 aliphatic heterocycles. The predicted molar refractivity (Wildman–Crippen MR) is 81.3 cm³/mol. The molecule has 1 heterocycles. The minimum Gasteiger partial charge on any atom is -0.484 e. The van der Waals surface area contributed by atoms with Crippen molar-refractivity contribution in [1.29, 1.82) is 0 Å². The normalized spacial score (nSPS) is 11.2. The highest BCUT2D eigenvalue weighted by Gasteiger charge is 2.03. The highest BCUT2D eigenvalue weighted by Crippen LogP contribution is 2.12. The summed E-state index contributed by atoms with van der Waals surface area (Å²) in [6.45, 7) is 3.78. The van der Waals surface area contributed by atoms with Gasteiger partial charge in [0.1, 0.15) is 5.75 Å². The Kier molecular flexibility index (Phi) is 4.90. The van der Waals surface area contributed by atoms with E-state index in [2.05, 4.69) is 10.5 Å². The summed E-state index contributed by atoms with van der Waals surface area (Å²) < 4.78 is 5.39. The molecule has 20 heavy (non-hydrogen) atoms. The molecule has 0 fully saturated rings. The minimum atomic E-state index is -0.276. The zero-order valence-electron chi connectivity index (χ0n) is 11.4. The van der Waals surface area contributed by atoms with Crippen LogP contribution < -0.4 is 10.2 Å². The molecule has 4 nitrogen and oxygen atoms in total. The molecule has 0 saturated heterocycles. The number of thiophene rings is 1. The molecule has 2 rings (SSSR count). The van der Waals surface area contributed by atoms with E-state index in [9.17, 15) is 4.79 Å². The number of aryl methyl sites for hydroxylation is 1. The van der Waals surface area contributed by atoms with E-state index >= 15 is 0 Å². The molecule has 1 N–H and O–H groups in total. The molecule has 0 spiro atoms. The molecule has 0 aliphatic rings. The van der Waals surface area contributed by atoms with Gasteiger partial charge in [0.05, 0.1) is 5.71 Å². The second-order valence-corrected chi connectivity index (χ2v) is 5.26. The number of benzene rings is 1. The molecule has 0 saturated carbocycles. The molecule has 0 bridgehead atoms. The van der Waals surface area contributed by atoms with Crippen LogP contribution in [-0.2, 0) is 4.79 Å². The van der Waals surface area contributed by atoms with Crippen LogP contribution in [0.15, 0.2) is 46.9 Å². The molecule has 2 aromatic rings. The van der Waals surface area contributed by atoms with E-state index in [0.717, 1.165) is 16.2 Å². The monoisotopic (exact) mass is 288 g/mol. The zero-order chi connectivity index (χ0) is 14.4. The van der Waals surface area contributed by atoms with Gasteiger partial charge in [-0.1, -0.05) is 18.2 Å². The van der Waals surface area contributed by atoms with Crippen LogP contribution in [0.2, 0.25) is 0 Å². The molecule has 1 amide bonds. The van der Waals surface area contributed by atoms with Crippen LogP contribution in [0, 0.1) is 6.92 Å². The van der Waals surface area contributed by atoms with Gasteiger partial charge in [-0.3, -0.25) is 4.79 Å². The highest BCUT2D eigenvalue weighted by atomic mass is 32.1. The lowest BCUT2D eigenvalue weighted by molar-refractivity contribution is -0.123. The molecular weight excluding hydrogens is 272 g/mol. The molecule has 5 heteroatoms. The first kappa shape index (κ1) is 14.3. The Hall–Kier alpha value is -2.14. The summed E-state index contributed by atoms with van der Waals surface area (Å²) in [5.74, 6) is 0.404. The summed E-state index contributed by atoms with van der Waals surface area (Å²) >= 11 is 1.58. The Morgan fingerprint density at radius 1 is 1.35 bits per heavy atom. The minimum absolute atomic E-state index is 0.0509. The highest BCUT2D eigenvalue weighted by molar-refractivity contribution is 7.12. The van der Waals surface area contributed by atoms with E-state index in [1.165, 1.54) is 0 Å². The van der Waals surface area contributed by atoms with Crippen molar-refractivity contribution in [3.05, 3.63) is 52.2 Å². The van der Waals surface area contributed by atoms with Crippen molar-refractivity contribution in [3.63, 3.8) is 0 Å². The Morgan fingerprint density at radius 2 is 2.20 bits per heavy atom. The second kappa shape index (κ2) is 6.86. The van der Waals surface area contributed by atoms with E-state index in [1.54, 1.807) is 11.3 Å². The van der Waals surface area contributed by atoms with Crippen molar-refractivity contribution in [3.8, 4) is 5.75 Å². The summed E-state index contributed by atoms with van der Waals surface area (Å²) in [4.78, 5) is 12.7. The number of carbonyl (C=O) groups excluding carboxylic acids is 1. The lowest BCUT2D eigenvalue weighted by Gasteiger charge is -2.06. The Bertz CT molecular complexity index is 606. The molecule has 0 aliphatic carbocycles. The van der Waals surface area contributed by atoms with Gasteiger partial charge in [0.2, 0.25) is 0 Å². The third-order valence-corrected chi connectivity index (χ3v) is 3.56. The average molecular weight is 288 g/mol. The van der Waals surface area contributed by atoms with Gasteiger partial charge in [-0.15, -0.1) is 11.3 Å². The molecule has 1 aromatic heterocycles. The Labute approximate surface area is 122 Å². The van der Waals surface area contributed by atoms with Gasteiger partial charge >= 0.3 is 0 Å². The van der Waals surface area contributed by atoms with E-state index in [-0.39, 0.29) is 12.5 Å². The van der Waals surface area contributed by atoms with Crippen molar-refractivity contribution in [1.82, 2.24) is 5.43 Å². The summed E-state index contributed by atoms with van der Waals surface area (Å²) in [6.07, 6.45) is 0. The van der Waals surface area contributed by atoms with E-state index < -0.39 is 0 Å². The van der Waals surface area contributed by atoms with Crippen molar-refractivity contribution in [2.24, 2.45) is 5.10 Å². The number of hydrogen-bond acceptors (Lipinski definition) is 4. The van der Waals surface area contributed by atoms with Crippen LogP contribution >= 0.6 is 11.3 Å². The van der Waals surface area contributed by atoms with Crippen molar-refractivity contribution in [2.75, 3.05) is 6.61 Å². The van der Waals surface area contributed by atoms with Crippen LogP contribution in [0.3, 0.4) is 0 Å². The lowest BCUT2D eigenvalue weighted by Crippen LogP contribution is -2.25. The van der Waals surface area contributed by atoms with Crippen LogP contribution in [0.5, 0.6) is 5.75 Å². The van der Waals surface area contributed by atoms with Crippen molar-refractivity contribution >= 4 is 23.0 Å². The van der Waals surface area contributed by atoms with Gasteiger partial charge in [-0.25, -0.2) is 5.43 Å².